The van der Waals surface area contributed by atoms with Crippen molar-refractivity contribution in [3.05, 3.63) is 53.0 Å². The topological polar surface area (TPSA) is 86.8 Å². The van der Waals surface area contributed by atoms with Gasteiger partial charge in [0.1, 0.15) is 6.54 Å². The second-order valence-corrected chi connectivity index (χ2v) is 9.31. The third-order valence-electron chi connectivity index (χ3n) is 4.34. The summed E-state index contributed by atoms with van der Waals surface area (Å²) in [4.78, 5) is 25.9. The molecule has 0 saturated carbocycles. The highest BCUT2D eigenvalue weighted by Crippen LogP contribution is 2.24. The zero-order valence-corrected chi connectivity index (χ0v) is 17.7. The average molecular weight is 466 g/mol. The van der Waals surface area contributed by atoms with Crippen LogP contribution in [0.3, 0.4) is 0 Å². The van der Waals surface area contributed by atoms with E-state index in [1.807, 2.05) is 0 Å². The van der Waals surface area contributed by atoms with Crippen LogP contribution >= 0.6 is 15.9 Å². The van der Waals surface area contributed by atoms with Crippen molar-refractivity contribution < 1.29 is 18.0 Å². The summed E-state index contributed by atoms with van der Waals surface area (Å²) < 4.78 is 26.1. The highest BCUT2D eigenvalue weighted by atomic mass is 79.9. The molecule has 1 saturated heterocycles. The summed E-state index contributed by atoms with van der Waals surface area (Å²) >= 11 is 3.30. The summed E-state index contributed by atoms with van der Waals surface area (Å²) in [6.45, 7) is 0.355. The average Bonchev–Trinajstić information content (AvgIpc) is 3.06. The monoisotopic (exact) mass is 465 g/mol. The van der Waals surface area contributed by atoms with Crippen LogP contribution in [0, 0.1) is 0 Å². The van der Waals surface area contributed by atoms with Gasteiger partial charge in [-0.1, -0.05) is 15.9 Å². The molecular weight excluding hydrogens is 446 g/mol. The maximum atomic E-state index is 12.4. The minimum absolute atomic E-state index is 0.0927. The second kappa shape index (κ2) is 8.32. The van der Waals surface area contributed by atoms with Crippen LogP contribution in [-0.4, -0.2) is 39.6 Å². The Hall–Kier alpha value is -2.39. The molecule has 148 valence electrons. The summed E-state index contributed by atoms with van der Waals surface area (Å²) in [6.07, 6.45) is 2.45. The molecule has 0 unspecified atom stereocenters. The first-order chi connectivity index (χ1) is 13.2. The summed E-state index contributed by atoms with van der Waals surface area (Å²) in [5.74, 6) is -0.367. The number of hydrogen-bond donors (Lipinski definition) is 1. The SMILES string of the molecule is CS(=O)(=O)N(CC(=O)Nc1ccc(N2CCCC2=O)cc1)c1ccc(Br)cc1. The number of halogens is 1. The molecule has 9 heteroatoms. The third kappa shape index (κ3) is 4.90. The molecule has 1 N–H and O–H groups in total. The first-order valence-electron chi connectivity index (χ1n) is 8.67. The molecule has 2 aromatic rings. The van der Waals surface area contributed by atoms with E-state index >= 15 is 0 Å². The number of sulfonamides is 1. The van der Waals surface area contributed by atoms with Crippen LogP contribution in [0.4, 0.5) is 17.1 Å². The zero-order valence-electron chi connectivity index (χ0n) is 15.3. The van der Waals surface area contributed by atoms with Gasteiger partial charge in [-0.15, -0.1) is 0 Å². The predicted octanol–water partition coefficient (Wildman–Crippen LogP) is 2.98. The second-order valence-electron chi connectivity index (χ2n) is 6.49. The lowest BCUT2D eigenvalue weighted by Gasteiger charge is -2.22. The highest BCUT2D eigenvalue weighted by Gasteiger charge is 2.22. The van der Waals surface area contributed by atoms with Crippen molar-refractivity contribution in [1.29, 1.82) is 0 Å². The number of carbonyl (C=O) groups is 2. The lowest BCUT2D eigenvalue weighted by Crippen LogP contribution is -2.37. The number of rotatable bonds is 6. The number of nitrogens with zero attached hydrogens (tertiary/aromatic N) is 2. The van der Waals surface area contributed by atoms with Gasteiger partial charge in [0.15, 0.2) is 0 Å². The number of amides is 2. The predicted molar refractivity (Wildman–Crippen MR) is 113 cm³/mol. The molecule has 1 fully saturated rings. The van der Waals surface area contributed by atoms with Gasteiger partial charge < -0.3 is 10.2 Å². The number of carbonyl (C=O) groups excluding carboxylic acids is 2. The molecule has 2 amide bonds. The van der Waals surface area contributed by atoms with E-state index in [-0.39, 0.29) is 12.5 Å². The van der Waals surface area contributed by atoms with Crippen LogP contribution in [0.5, 0.6) is 0 Å². The first-order valence-corrected chi connectivity index (χ1v) is 11.3. The lowest BCUT2D eigenvalue weighted by molar-refractivity contribution is -0.117. The van der Waals surface area contributed by atoms with Gasteiger partial charge in [-0.2, -0.15) is 0 Å². The molecule has 0 atom stereocenters. The fourth-order valence-corrected chi connectivity index (χ4v) is 4.10. The van der Waals surface area contributed by atoms with E-state index < -0.39 is 15.9 Å². The van der Waals surface area contributed by atoms with Gasteiger partial charge in [-0.25, -0.2) is 8.42 Å². The van der Waals surface area contributed by atoms with Crippen LogP contribution in [-0.2, 0) is 19.6 Å². The third-order valence-corrected chi connectivity index (χ3v) is 6.01. The van der Waals surface area contributed by atoms with Crippen molar-refractivity contribution in [2.24, 2.45) is 0 Å². The number of hydrogen-bond acceptors (Lipinski definition) is 4. The standard InChI is InChI=1S/C19H20BrN3O4S/c1-28(26,27)23(17-8-4-14(20)5-9-17)13-18(24)21-15-6-10-16(11-7-15)22-12-2-3-19(22)25/h4-11H,2-3,12-13H2,1H3,(H,21,24). The Morgan fingerprint density at radius 2 is 1.79 bits per heavy atom. The largest absolute Gasteiger partial charge is 0.325 e. The highest BCUT2D eigenvalue weighted by molar-refractivity contribution is 9.10. The minimum atomic E-state index is -3.63. The van der Waals surface area contributed by atoms with Crippen molar-refractivity contribution in [1.82, 2.24) is 0 Å². The van der Waals surface area contributed by atoms with Crippen LogP contribution in [0.15, 0.2) is 53.0 Å². The molecule has 0 radical (unpaired) electrons. The van der Waals surface area contributed by atoms with Gasteiger partial charge in [0.2, 0.25) is 21.8 Å². The Morgan fingerprint density at radius 3 is 2.32 bits per heavy atom. The van der Waals surface area contributed by atoms with Gasteiger partial charge in [0.25, 0.3) is 0 Å². The Morgan fingerprint density at radius 1 is 1.14 bits per heavy atom. The molecule has 28 heavy (non-hydrogen) atoms. The van der Waals surface area contributed by atoms with Gasteiger partial charge in [-0.05, 0) is 55.0 Å². The van der Waals surface area contributed by atoms with Crippen molar-refractivity contribution >= 4 is 54.8 Å². The van der Waals surface area contributed by atoms with Crippen LogP contribution in [0.25, 0.3) is 0 Å². The number of nitrogens with one attached hydrogen (secondary N) is 1. The maximum Gasteiger partial charge on any atom is 0.245 e. The smallest absolute Gasteiger partial charge is 0.245 e. The molecule has 0 spiro atoms. The van der Waals surface area contributed by atoms with Gasteiger partial charge in [0, 0.05) is 28.8 Å². The molecule has 2 aromatic carbocycles. The van der Waals surface area contributed by atoms with E-state index in [1.165, 1.54) is 0 Å². The molecule has 1 aliphatic rings. The molecule has 3 rings (SSSR count). The maximum absolute atomic E-state index is 12.4. The lowest BCUT2D eigenvalue weighted by atomic mass is 10.2. The van der Waals surface area contributed by atoms with Crippen molar-refractivity contribution in [3.63, 3.8) is 0 Å². The van der Waals surface area contributed by atoms with E-state index in [0.29, 0.717) is 24.3 Å². The quantitative estimate of drug-likeness (QED) is 0.710. The van der Waals surface area contributed by atoms with E-state index in [2.05, 4.69) is 21.2 Å². The van der Waals surface area contributed by atoms with Crippen LogP contribution in [0.1, 0.15) is 12.8 Å². The fourth-order valence-electron chi connectivity index (χ4n) is 2.98. The van der Waals surface area contributed by atoms with Gasteiger partial charge in [0.05, 0.1) is 11.9 Å². The Bertz CT molecular complexity index is 975. The summed E-state index contributed by atoms with van der Waals surface area (Å²) in [5, 5.41) is 2.70. The van der Waals surface area contributed by atoms with E-state index in [4.69, 9.17) is 0 Å². The molecule has 0 bridgehead atoms. The molecule has 0 aliphatic carbocycles. The molecular formula is C19H20BrN3O4S. The van der Waals surface area contributed by atoms with Gasteiger partial charge in [-0.3, -0.25) is 13.9 Å². The van der Waals surface area contributed by atoms with E-state index in [1.54, 1.807) is 53.4 Å². The minimum Gasteiger partial charge on any atom is -0.325 e. The van der Waals surface area contributed by atoms with Crippen molar-refractivity contribution in [2.75, 3.05) is 33.9 Å². The summed E-state index contributed by atoms with van der Waals surface area (Å²) in [6, 6.07) is 13.6. The van der Waals surface area contributed by atoms with Gasteiger partial charge >= 0.3 is 0 Å². The van der Waals surface area contributed by atoms with Crippen LogP contribution in [0.2, 0.25) is 0 Å². The van der Waals surface area contributed by atoms with Crippen molar-refractivity contribution in [3.8, 4) is 0 Å². The normalized spacial score (nSPS) is 14.2. The summed E-state index contributed by atoms with van der Waals surface area (Å²) in [5.41, 5.74) is 1.72. The number of benzene rings is 2. The summed E-state index contributed by atoms with van der Waals surface area (Å²) in [7, 11) is -3.63. The zero-order chi connectivity index (χ0) is 20.3. The van der Waals surface area contributed by atoms with Crippen LogP contribution < -0.4 is 14.5 Å². The van der Waals surface area contributed by atoms with Crippen molar-refractivity contribution in [2.45, 2.75) is 12.8 Å². The molecule has 7 nitrogen and oxygen atoms in total. The molecule has 1 aliphatic heterocycles. The molecule has 1 heterocycles. The fraction of sp³-hybridized carbons (Fsp3) is 0.263. The Labute approximate surface area is 172 Å². The Balaban J connectivity index is 1.69. The number of anilines is 3. The Kier molecular flexibility index (Phi) is 6.04. The van der Waals surface area contributed by atoms with E-state index in [9.17, 15) is 18.0 Å². The van der Waals surface area contributed by atoms with E-state index in [0.717, 1.165) is 27.1 Å². The first kappa shape index (κ1) is 20.3. The molecule has 0 aromatic heterocycles.